The number of hydrogen-bond donors (Lipinski definition) is 1. The molecule has 0 saturated heterocycles. The summed E-state index contributed by atoms with van der Waals surface area (Å²) in [6.07, 6.45) is 3.24. The first kappa shape index (κ1) is 25.6. The summed E-state index contributed by atoms with van der Waals surface area (Å²) in [5.74, 6) is -1.86. The topological polar surface area (TPSA) is 98.9 Å². The second-order valence-electron chi connectivity index (χ2n) is 8.79. The lowest BCUT2D eigenvalue weighted by Gasteiger charge is -2.34. The zero-order chi connectivity index (χ0) is 24.5. The first-order chi connectivity index (χ1) is 16.4. The number of aryl methyl sites for hydroxylation is 1. The van der Waals surface area contributed by atoms with Crippen molar-refractivity contribution < 1.29 is 23.9 Å². The molecule has 2 aromatic rings. The fourth-order valence-corrected chi connectivity index (χ4v) is 4.32. The van der Waals surface area contributed by atoms with Gasteiger partial charge < -0.3 is 15.2 Å². The van der Waals surface area contributed by atoms with Crippen LogP contribution in [0.15, 0.2) is 54.6 Å². The average molecular weight is 467 g/mol. The fraction of sp³-hybridized carbons (Fsp3) is 0.444. The molecule has 0 saturated carbocycles. The Balaban J connectivity index is 1.85. The molecule has 7 nitrogen and oxygen atoms in total. The molecular formula is C27H34N2O5. The molecule has 34 heavy (non-hydrogen) atoms. The zero-order valence-electron chi connectivity index (χ0n) is 19.9. The van der Waals surface area contributed by atoms with Gasteiger partial charge in [0.2, 0.25) is 0 Å². The standard InChI is InChI=1S/C27H34N2O5/c1-3-15-33-27(32)24(14-13-20-9-5-4-6-10-20)29(18-25(30)34-26(31)19(2)28)23-16-21-11-7-8-12-22(21)17-23/h4-12,19,23-24H,3,13-18,28H2,1-2H3/t19-,24?/m0/s1. The second-order valence-corrected chi connectivity index (χ2v) is 8.79. The molecule has 1 unspecified atom stereocenters. The summed E-state index contributed by atoms with van der Waals surface area (Å²) in [5, 5.41) is 0. The predicted molar refractivity (Wildman–Crippen MR) is 129 cm³/mol. The molecule has 7 heteroatoms. The maximum atomic E-state index is 13.2. The summed E-state index contributed by atoms with van der Waals surface area (Å²) in [5.41, 5.74) is 9.04. The molecule has 0 radical (unpaired) electrons. The lowest BCUT2D eigenvalue weighted by atomic mass is 10.0. The highest BCUT2D eigenvalue weighted by atomic mass is 16.6. The molecule has 1 aliphatic rings. The van der Waals surface area contributed by atoms with Crippen molar-refractivity contribution in [3.05, 3.63) is 71.3 Å². The van der Waals surface area contributed by atoms with Gasteiger partial charge in [0.05, 0.1) is 13.2 Å². The number of fused-ring (bicyclic) bond motifs is 1. The number of carbonyl (C=O) groups excluding carboxylic acids is 3. The van der Waals surface area contributed by atoms with Crippen molar-refractivity contribution in [3.63, 3.8) is 0 Å². The van der Waals surface area contributed by atoms with Crippen LogP contribution in [-0.4, -0.2) is 54.1 Å². The van der Waals surface area contributed by atoms with Crippen molar-refractivity contribution in [1.82, 2.24) is 4.90 Å². The molecule has 0 fully saturated rings. The summed E-state index contributed by atoms with van der Waals surface area (Å²) >= 11 is 0. The van der Waals surface area contributed by atoms with Gasteiger partial charge in [-0.3, -0.25) is 14.5 Å². The van der Waals surface area contributed by atoms with Crippen LogP contribution in [0.2, 0.25) is 0 Å². The van der Waals surface area contributed by atoms with Crippen molar-refractivity contribution >= 4 is 17.9 Å². The fourth-order valence-electron chi connectivity index (χ4n) is 4.32. The number of ether oxygens (including phenoxy) is 2. The molecule has 2 aromatic carbocycles. The van der Waals surface area contributed by atoms with E-state index in [0.717, 1.165) is 5.56 Å². The highest BCUT2D eigenvalue weighted by Crippen LogP contribution is 2.28. The first-order valence-corrected chi connectivity index (χ1v) is 11.9. The molecular weight excluding hydrogens is 432 g/mol. The minimum atomic E-state index is -0.906. The van der Waals surface area contributed by atoms with Gasteiger partial charge in [-0.1, -0.05) is 61.5 Å². The Hall–Kier alpha value is -3.03. The molecule has 0 amide bonds. The Morgan fingerprint density at radius 2 is 1.62 bits per heavy atom. The van der Waals surface area contributed by atoms with Crippen LogP contribution >= 0.6 is 0 Å². The number of esters is 3. The Morgan fingerprint density at radius 1 is 1.00 bits per heavy atom. The van der Waals surface area contributed by atoms with E-state index < -0.39 is 24.0 Å². The molecule has 2 N–H and O–H groups in total. The van der Waals surface area contributed by atoms with E-state index in [4.69, 9.17) is 15.2 Å². The quantitative estimate of drug-likeness (QED) is 0.402. The van der Waals surface area contributed by atoms with E-state index in [-0.39, 0.29) is 18.6 Å². The lowest BCUT2D eigenvalue weighted by Crippen LogP contribution is -2.51. The summed E-state index contributed by atoms with van der Waals surface area (Å²) in [4.78, 5) is 39.7. The highest BCUT2D eigenvalue weighted by Gasteiger charge is 2.37. The van der Waals surface area contributed by atoms with E-state index in [2.05, 4.69) is 12.1 Å². The van der Waals surface area contributed by atoms with E-state index in [9.17, 15) is 14.4 Å². The maximum Gasteiger partial charge on any atom is 0.330 e. The predicted octanol–water partition coefficient (Wildman–Crippen LogP) is 2.83. The van der Waals surface area contributed by atoms with Crippen molar-refractivity contribution in [2.75, 3.05) is 13.2 Å². The van der Waals surface area contributed by atoms with Crippen LogP contribution in [0.4, 0.5) is 0 Å². The van der Waals surface area contributed by atoms with Crippen LogP contribution in [-0.2, 0) is 43.1 Å². The monoisotopic (exact) mass is 466 g/mol. The largest absolute Gasteiger partial charge is 0.465 e. The third kappa shape index (κ3) is 6.98. The Labute approximate surface area is 201 Å². The zero-order valence-corrected chi connectivity index (χ0v) is 19.9. The molecule has 0 spiro atoms. The lowest BCUT2D eigenvalue weighted by molar-refractivity contribution is -0.163. The number of carbonyl (C=O) groups is 3. The molecule has 0 heterocycles. The highest BCUT2D eigenvalue weighted by molar-refractivity contribution is 5.89. The summed E-state index contributed by atoms with van der Waals surface area (Å²) in [6, 6.07) is 16.4. The molecule has 182 valence electrons. The Morgan fingerprint density at radius 3 is 2.21 bits per heavy atom. The summed E-state index contributed by atoms with van der Waals surface area (Å²) in [6.45, 7) is 3.52. The molecule has 0 aliphatic heterocycles. The van der Waals surface area contributed by atoms with Gasteiger partial charge in [-0.25, -0.2) is 4.79 Å². The van der Waals surface area contributed by atoms with Crippen molar-refractivity contribution in [2.45, 2.75) is 64.1 Å². The summed E-state index contributed by atoms with van der Waals surface area (Å²) in [7, 11) is 0. The van der Waals surface area contributed by atoms with E-state index >= 15 is 0 Å². The Kier molecular flexibility index (Phi) is 9.36. The minimum Gasteiger partial charge on any atom is -0.465 e. The average Bonchev–Trinajstić information content (AvgIpc) is 3.26. The van der Waals surface area contributed by atoms with Crippen LogP contribution in [0.1, 0.15) is 43.4 Å². The van der Waals surface area contributed by atoms with Gasteiger partial charge in [-0.05, 0) is 55.7 Å². The minimum absolute atomic E-state index is 0.0923. The maximum absolute atomic E-state index is 13.2. The van der Waals surface area contributed by atoms with Gasteiger partial charge in [0.25, 0.3) is 0 Å². The first-order valence-electron chi connectivity index (χ1n) is 11.9. The van der Waals surface area contributed by atoms with Crippen LogP contribution in [0.3, 0.4) is 0 Å². The third-order valence-electron chi connectivity index (χ3n) is 6.07. The summed E-state index contributed by atoms with van der Waals surface area (Å²) < 4.78 is 10.5. The second kappa shape index (κ2) is 12.4. The van der Waals surface area contributed by atoms with Crippen molar-refractivity contribution in [2.24, 2.45) is 5.73 Å². The van der Waals surface area contributed by atoms with Gasteiger partial charge in [0.1, 0.15) is 12.1 Å². The van der Waals surface area contributed by atoms with Crippen LogP contribution in [0.25, 0.3) is 0 Å². The number of nitrogens with two attached hydrogens (primary N) is 1. The van der Waals surface area contributed by atoms with Crippen molar-refractivity contribution in [1.29, 1.82) is 0 Å². The molecule has 2 atom stereocenters. The number of benzene rings is 2. The number of nitrogens with zero attached hydrogens (tertiary/aromatic N) is 1. The normalized spacial score (nSPS) is 14.9. The Bertz CT molecular complexity index is 951. The molecule has 3 rings (SSSR count). The van der Waals surface area contributed by atoms with E-state index in [1.54, 1.807) is 0 Å². The van der Waals surface area contributed by atoms with E-state index in [1.165, 1.54) is 18.1 Å². The van der Waals surface area contributed by atoms with Gasteiger partial charge in [0, 0.05) is 6.04 Å². The smallest absolute Gasteiger partial charge is 0.330 e. The van der Waals surface area contributed by atoms with Gasteiger partial charge in [-0.2, -0.15) is 0 Å². The van der Waals surface area contributed by atoms with Crippen LogP contribution < -0.4 is 5.73 Å². The van der Waals surface area contributed by atoms with Gasteiger partial charge in [-0.15, -0.1) is 0 Å². The van der Waals surface area contributed by atoms with Crippen LogP contribution in [0, 0.1) is 0 Å². The molecule has 1 aliphatic carbocycles. The number of rotatable bonds is 11. The van der Waals surface area contributed by atoms with Crippen molar-refractivity contribution in [3.8, 4) is 0 Å². The third-order valence-corrected chi connectivity index (χ3v) is 6.07. The molecule has 0 aromatic heterocycles. The van der Waals surface area contributed by atoms with Gasteiger partial charge >= 0.3 is 17.9 Å². The van der Waals surface area contributed by atoms with E-state index in [1.807, 2.05) is 54.3 Å². The molecule has 0 bridgehead atoms. The SMILES string of the molecule is CCCOC(=O)C(CCc1ccccc1)N(CC(=O)OC(=O)[C@H](C)N)C1Cc2ccccc2C1. The van der Waals surface area contributed by atoms with Crippen LogP contribution in [0.5, 0.6) is 0 Å². The van der Waals surface area contributed by atoms with E-state index in [0.29, 0.717) is 38.7 Å². The number of hydrogen-bond acceptors (Lipinski definition) is 7. The van der Waals surface area contributed by atoms with Gasteiger partial charge in [0.15, 0.2) is 0 Å².